The van der Waals surface area contributed by atoms with E-state index in [1.165, 1.54) is 0 Å². The van der Waals surface area contributed by atoms with Crippen molar-refractivity contribution < 1.29 is 4.79 Å². The Labute approximate surface area is 90.5 Å². The first-order chi connectivity index (χ1) is 6.67. The maximum atomic E-state index is 10.4. The second-order valence-electron chi connectivity index (χ2n) is 2.77. The molecule has 0 bridgehead atoms. The minimum atomic E-state index is 0.722. The van der Waals surface area contributed by atoms with Crippen molar-refractivity contribution in [2.45, 2.75) is 13.8 Å². The molecule has 0 atom stereocenters. The number of hydrogen-bond acceptors (Lipinski definition) is 1. The minimum absolute atomic E-state index is 0.722. The van der Waals surface area contributed by atoms with Gasteiger partial charge in [-0.2, -0.15) is 0 Å². The van der Waals surface area contributed by atoms with Crippen molar-refractivity contribution in [2.75, 3.05) is 17.8 Å². The molecule has 0 heterocycles. The number of rotatable bonds is 2. The molecule has 0 fully saturated rings. The molecule has 1 aromatic carbocycles. The fourth-order valence-corrected chi connectivity index (χ4v) is 1.02. The van der Waals surface area contributed by atoms with Crippen LogP contribution >= 0.6 is 11.6 Å². The molecular formula is C11H16ClNO. The van der Waals surface area contributed by atoms with E-state index >= 15 is 0 Å². The smallest absolute Gasteiger partial charge is 0.213 e. The fourth-order valence-electron chi connectivity index (χ4n) is 1.02. The lowest BCUT2D eigenvalue weighted by Crippen LogP contribution is -2.14. The van der Waals surface area contributed by atoms with Crippen LogP contribution in [0.3, 0.4) is 0 Å². The van der Waals surface area contributed by atoms with E-state index in [1.807, 2.05) is 38.1 Å². The summed E-state index contributed by atoms with van der Waals surface area (Å²) in [5, 5.41) is 0. The molecule has 3 heteroatoms. The van der Waals surface area contributed by atoms with Crippen molar-refractivity contribution in [3.05, 3.63) is 29.8 Å². The highest BCUT2D eigenvalue weighted by atomic mass is 35.5. The third kappa shape index (κ3) is 4.28. The Kier molecular flexibility index (Phi) is 6.85. The van der Waals surface area contributed by atoms with Gasteiger partial charge in [-0.25, -0.2) is 0 Å². The van der Waals surface area contributed by atoms with Crippen LogP contribution in [0.4, 0.5) is 5.69 Å². The summed E-state index contributed by atoms with van der Waals surface area (Å²) in [6.07, 6.45) is 0.808. The molecule has 0 N–H and O–H groups in total. The summed E-state index contributed by atoms with van der Waals surface area (Å²) in [5.41, 5.74) is 2.07. The molecule has 1 amide bonds. The summed E-state index contributed by atoms with van der Waals surface area (Å²) in [4.78, 5) is 11.9. The lowest BCUT2D eigenvalue weighted by atomic mass is 10.2. The van der Waals surface area contributed by atoms with E-state index in [4.69, 9.17) is 11.6 Å². The molecular weight excluding hydrogens is 198 g/mol. The van der Waals surface area contributed by atoms with Gasteiger partial charge < -0.3 is 4.90 Å². The van der Waals surface area contributed by atoms with Gasteiger partial charge in [0.2, 0.25) is 6.41 Å². The number of hydrogen-bond donors (Lipinski definition) is 0. The topological polar surface area (TPSA) is 20.3 Å². The molecule has 0 radical (unpaired) electrons. The van der Waals surface area contributed by atoms with Crippen LogP contribution in [0.25, 0.3) is 0 Å². The molecule has 14 heavy (non-hydrogen) atoms. The molecule has 1 rings (SSSR count). The van der Waals surface area contributed by atoms with E-state index in [0.717, 1.165) is 23.5 Å². The summed E-state index contributed by atoms with van der Waals surface area (Å²) >= 11 is 5.00. The number of carbonyl (C=O) groups excluding carboxylic acids is 1. The molecule has 1 aromatic rings. The van der Waals surface area contributed by atoms with Crippen LogP contribution in [-0.2, 0) is 4.79 Å². The lowest BCUT2D eigenvalue weighted by molar-refractivity contribution is -0.107. The van der Waals surface area contributed by atoms with Gasteiger partial charge in [0.15, 0.2) is 0 Å². The van der Waals surface area contributed by atoms with Gasteiger partial charge in [0.25, 0.3) is 0 Å². The van der Waals surface area contributed by atoms with Crippen molar-refractivity contribution in [3.8, 4) is 0 Å². The monoisotopic (exact) mass is 213 g/mol. The molecule has 0 saturated heterocycles. The first-order valence-electron chi connectivity index (χ1n) is 4.47. The highest BCUT2D eigenvalue weighted by Crippen LogP contribution is 2.15. The summed E-state index contributed by atoms with van der Waals surface area (Å²) in [6.45, 7) is 3.87. The molecule has 0 aromatic heterocycles. The van der Waals surface area contributed by atoms with E-state index in [1.54, 1.807) is 11.9 Å². The molecule has 0 unspecified atom stereocenters. The molecule has 0 aliphatic carbocycles. The second-order valence-corrected chi connectivity index (χ2v) is 3.30. The largest absolute Gasteiger partial charge is 0.318 e. The molecule has 0 saturated carbocycles. The van der Waals surface area contributed by atoms with Gasteiger partial charge in [0.1, 0.15) is 0 Å². The van der Waals surface area contributed by atoms with Crippen molar-refractivity contribution in [2.24, 2.45) is 0 Å². The van der Waals surface area contributed by atoms with Crippen molar-refractivity contribution in [3.63, 3.8) is 0 Å². The third-order valence-corrected chi connectivity index (χ3v) is 1.65. The van der Waals surface area contributed by atoms with E-state index in [9.17, 15) is 4.79 Å². The maximum Gasteiger partial charge on any atom is 0.213 e. The third-order valence-electron chi connectivity index (χ3n) is 1.65. The van der Waals surface area contributed by atoms with Gasteiger partial charge in [-0.05, 0) is 18.6 Å². The van der Waals surface area contributed by atoms with Crippen LogP contribution in [0.2, 0.25) is 0 Å². The Bertz CT molecular complexity index is 276. The normalized spacial score (nSPS) is 8.57. The van der Waals surface area contributed by atoms with Crippen LogP contribution in [-0.4, -0.2) is 19.3 Å². The summed E-state index contributed by atoms with van der Waals surface area (Å²) in [5.74, 6) is 0.722. The Morgan fingerprint density at radius 2 is 1.93 bits per heavy atom. The van der Waals surface area contributed by atoms with Crippen molar-refractivity contribution in [1.29, 1.82) is 0 Å². The standard InChI is InChI=1S/C9H11NO.C2H5Cl/c1-8-5-3-4-6-9(8)10(2)7-11;1-2-3/h3-7H,1-2H3;2H2,1H3. The SMILES string of the molecule is CCCl.Cc1ccccc1N(C)C=O. The van der Waals surface area contributed by atoms with Gasteiger partial charge in [0, 0.05) is 18.6 Å². The van der Waals surface area contributed by atoms with Crippen LogP contribution in [0, 0.1) is 6.92 Å². The van der Waals surface area contributed by atoms with Crippen LogP contribution in [0.15, 0.2) is 24.3 Å². The van der Waals surface area contributed by atoms with Gasteiger partial charge >= 0.3 is 0 Å². The summed E-state index contributed by atoms with van der Waals surface area (Å²) in [6, 6.07) is 7.78. The van der Waals surface area contributed by atoms with E-state index in [0.29, 0.717) is 0 Å². The zero-order valence-electron chi connectivity index (χ0n) is 8.83. The maximum absolute atomic E-state index is 10.4. The number of amides is 1. The Balaban J connectivity index is 0.000000500. The predicted octanol–water partition coefficient (Wildman–Crippen LogP) is 2.83. The van der Waals surface area contributed by atoms with Gasteiger partial charge in [-0.1, -0.05) is 25.1 Å². The van der Waals surface area contributed by atoms with Crippen LogP contribution in [0.1, 0.15) is 12.5 Å². The number of aryl methyl sites for hydroxylation is 1. The van der Waals surface area contributed by atoms with Crippen LogP contribution < -0.4 is 4.90 Å². The van der Waals surface area contributed by atoms with E-state index in [-0.39, 0.29) is 0 Å². The summed E-state index contributed by atoms with van der Waals surface area (Å²) in [7, 11) is 1.75. The van der Waals surface area contributed by atoms with Gasteiger partial charge in [-0.3, -0.25) is 4.79 Å². The molecule has 78 valence electrons. The first-order valence-corrected chi connectivity index (χ1v) is 5.00. The van der Waals surface area contributed by atoms with Gasteiger partial charge in [-0.15, -0.1) is 11.6 Å². The van der Waals surface area contributed by atoms with Crippen LogP contribution in [0.5, 0.6) is 0 Å². The van der Waals surface area contributed by atoms with E-state index in [2.05, 4.69) is 0 Å². The average molecular weight is 214 g/mol. The first kappa shape index (κ1) is 13.0. The average Bonchev–Trinajstić information content (AvgIpc) is 2.19. The van der Waals surface area contributed by atoms with Crippen molar-refractivity contribution >= 4 is 23.7 Å². The Hall–Kier alpha value is -1.02. The highest BCUT2D eigenvalue weighted by Gasteiger charge is 1.99. The number of nitrogens with zero attached hydrogens (tertiary/aromatic N) is 1. The predicted molar refractivity (Wildman–Crippen MR) is 62.0 cm³/mol. The Morgan fingerprint density at radius 3 is 2.36 bits per heavy atom. The number of carbonyl (C=O) groups is 1. The Morgan fingerprint density at radius 1 is 1.43 bits per heavy atom. The molecule has 0 aliphatic rings. The van der Waals surface area contributed by atoms with Crippen molar-refractivity contribution in [1.82, 2.24) is 0 Å². The number of halogens is 1. The molecule has 2 nitrogen and oxygen atoms in total. The fraction of sp³-hybridized carbons (Fsp3) is 0.364. The molecule has 0 spiro atoms. The number of alkyl halides is 1. The van der Waals surface area contributed by atoms with Gasteiger partial charge in [0.05, 0.1) is 0 Å². The highest BCUT2D eigenvalue weighted by molar-refractivity contribution is 6.17. The lowest BCUT2D eigenvalue weighted by Gasteiger charge is -2.12. The summed E-state index contributed by atoms with van der Waals surface area (Å²) < 4.78 is 0. The number of para-hydroxylation sites is 1. The minimum Gasteiger partial charge on any atom is -0.318 e. The van der Waals surface area contributed by atoms with E-state index < -0.39 is 0 Å². The zero-order valence-corrected chi connectivity index (χ0v) is 9.58. The quantitative estimate of drug-likeness (QED) is 0.547. The second kappa shape index (κ2) is 7.39. The number of benzene rings is 1. The number of anilines is 1. The molecule has 0 aliphatic heterocycles. The zero-order chi connectivity index (χ0) is 11.0.